The highest BCUT2D eigenvalue weighted by molar-refractivity contribution is 6.32. The first-order chi connectivity index (χ1) is 12.0. The summed E-state index contributed by atoms with van der Waals surface area (Å²) in [5, 5.41) is 11.3. The van der Waals surface area contributed by atoms with Crippen LogP contribution in [0.3, 0.4) is 0 Å². The van der Waals surface area contributed by atoms with Crippen molar-refractivity contribution in [2.45, 2.75) is 13.5 Å². The largest absolute Gasteiger partial charge is 0.486 e. The number of carbonyl (C=O) groups excluding carboxylic acids is 1. The molecule has 0 spiro atoms. The van der Waals surface area contributed by atoms with Crippen LogP contribution in [0.15, 0.2) is 30.3 Å². The van der Waals surface area contributed by atoms with Gasteiger partial charge in [0.25, 0.3) is 5.69 Å². The van der Waals surface area contributed by atoms with Crippen LogP contribution < -0.4 is 9.47 Å². The minimum atomic E-state index is -0.658. The van der Waals surface area contributed by atoms with Crippen molar-refractivity contribution < 1.29 is 23.9 Å². The Hall–Kier alpha value is -2.80. The summed E-state index contributed by atoms with van der Waals surface area (Å²) in [5.74, 6) is 0.307. The van der Waals surface area contributed by atoms with Crippen molar-refractivity contribution in [1.29, 1.82) is 0 Å². The van der Waals surface area contributed by atoms with Gasteiger partial charge < -0.3 is 14.2 Å². The molecule has 0 amide bonds. The van der Waals surface area contributed by atoms with E-state index in [4.69, 9.17) is 25.8 Å². The third kappa shape index (κ3) is 3.66. The summed E-state index contributed by atoms with van der Waals surface area (Å²) >= 11 is 6.13. The molecule has 8 heteroatoms. The van der Waals surface area contributed by atoms with Crippen molar-refractivity contribution in [2.75, 3.05) is 13.2 Å². The lowest BCUT2D eigenvalue weighted by Crippen LogP contribution is -2.16. The number of halogens is 1. The van der Waals surface area contributed by atoms with Gasteiger partial charge in [0.05, 0.1) is 15.5 Å². The molecule has 1 aliphatic heterocycles. The van der Waals surface area contributed by atoms with Crippen LogP contribution in [0.4, 0.5) is 5.69 Å². The van der Waals surface area contributed by atoms with E-state index in [0.717, 1.165) is 0 Å². The molecule has 0 radical (unpaired) electrons. The van der Waals surface area contributed by atoms with Crippen LogP contribution in [0.5, 0.6) is 11.5 Å². The maximum atomic E-state index is 12.1. The number of nitrogens with zero attached hydrogens (tertiary/aromatic N) is 1. The monoisotopic (exact) mass is 363 g/mol. The molecule has 0 atom stereocenters. The summed E-state index contributed by atoms with van der Waals surface area (Å²) in [7, 11) is 0. The Balaban J connectivity index is 1.73. The van der Waals surface area contributed by atoms with Crippen molar-refractivity contribution >= 4 is 23.3 Å². The highest BCUT2D eigenvalue weighted by Gasteiger charge is 2.19. The second-order valence-electron chi connectivity index (χ2n) is 5.44. The summed E-state index contributed by atoms with van der Waals surface area (Å²) < 4.78 is 16.1. The Morgan fingerprint density at radius 3 is 2.80 bits per heavy atom. The first kappa shape index (κ1) is 17.0. The quantitative estimate of drug-likeness (QED) is 0.467. The molecule has 0 saturated heterocycles. The summed E-state index contributed by atoms with van der Waals surface area (Å²) in [4.78, 5) is 22.6. The van der Waals surface area contributed by atoms with Crippen LogP contribution >= 0.6 is 11.6 Å². The van der Waals surface area contributed by atoms with E-state index in [-0.39, 0.29) is 17.9 Å². The fraction of sp³-hybridized carbons (Fsp3) is 0.235. The van der Waals surface area contributed by atoms with E-state index in [0.29, 0.717) is 40.9 Å². The Morgan fingerprint density at radius 2 is 2.04 bits per heavy atom. The molecule has 0 fully saturated rings. The molecule has 0 saturated carbocycles. The summed E-state index contributed by atoms with van der Waals surface area (Å²) in [6.45, 7) is 2.40. The van der Waals surface area contributed by atoms with Gasteiger partial charge in [0, 0.05) is 11.6 Å². The Labute approximate surface area is 148 Å². The van der Waals surface area contributed by atoms with Gasteiger partial charge in [-0.25, -0.2) is 4.79 Å². The van der Waals surface area contributed by atoms with Gasteiger partial charge in [0.1, 0.15) is 19.8 Å². The molecule has 25 heavy (non-hydrogen) atoms. The number of carbonyl (C=O) groups is 1. The average Bonchev–Trinajstić information content (AvgIpc) is 2.60. The van der Waals surface area contributed by atoms with E-state index in [1.54, 1.807) is 19.1 Å². The zero-order chi connectivity index (χ0) is 18.0. The molecule has 0 aliphatic carbocycles. The van der Waals surface area contributed by atoms with Gasteiger partial charge in [-0.2, -0.15) is 0 Å². The van der Waals surface area contributed by atoms with E-state index in [9.17, 15) is 14.9 Å². The molecule has 7 nitrogen and oxygen atoms in total. The van der Waals surface area contributed by atoms with Crippen LogP contribution in [-0.4, -0.2) is 24.1 Å². The van der Waals surface area contributed by atoms with Crippen LogP contribution in [-0.2, 0) is 11.3 Å². The van der Waals surface area contributed by atoms with Gasteiger partial charge in [0.15, 0.2) is 11.5 Å². The zero-order valence-electron chi connectivity index (χ0n) is 13.3. The number of ether oxygens (including phenoxy) is 3. The molecule has 1 aliphatic rings. The number of hydrogen-bond donors (Lipinski definition) is 0. The number of fused-ring (bicyclic) bond motifs is 1. The summed E-state index contributed by atoms with van der Waals surface area (Å²) in [5.41, 5.74) is 1.09. The number of nitro benzene ring substituents is 1. The molecule has 1 heterocycles. The van der Waals surface area contributed by atoms with Gasteiger partial charge in [-0.3, -0.25) is 10.1 Å². The second-order valence-corrected chi connectivity index (χ2v) is 5.84. The van der Waals surface area contributed by atoms with E-state index >= 15 is 0 Å². The first-order valence-corrected chi connectivity index (χ1v) is 7.83. The van der Waals surface area contributed by atoms with Crippen molar-refractivity contribution in [2.24, 2.45) is 0 Å². The highest BCUT2D eigenvalue weighted by Crippen LogP contribution is 2.38. The topological polar surface area (TPSA) is 87.9 Å². The summed E-state index contributed by atoms with van der Waals surface area (Å²) in [6, 6.07) is 7.51. The number of rotatable bonds is 4. The number of benzene rings is 2. The van der Waals surface area contributed by atoms with Crippen LogP contribution in [0, 0.1) is 17.0 Å². The lowest BCUT2D eigenvalue weighted by atomic mass is 10.1. The highest BCUT2D eigenvalue weighted by atomic mass is 35.5. The fourth-order valence-electron chi connectivity index (χ4n) is 2.41. The van der Waals surface area contributed by atoms with Crippen molar-refractivity contribution in [3.63, 3.8) is 0 Å². The maximum absolute atomic E-state index is 12.1. The van der Waals surface area contributed by atoms with Gasteiger partial charge in [-0.05, 0) is 30.7 Å². The first-order valence-electron chi connectivity index (χ1n) is 7.46. The van der Waals surface area contributed by atoms with Gasteiger partial charge >= 0.3 is 5.97 Å². The Morgan fingerprint density at radius 1 is 1.28 bits per heavy atom. The molecule has 3 rings (SSSR count). The van der Waals surface area contributed by atoms with E-state index < -0.39 is 10.9 Å². The standard InChI is InChI=1S/C17H14ClNO6/c1-10-2-3-12(8-14(10)19(21)22)17(20)25-9-11-6-13(18)16-15(7-11)23-4-5-24-16/h2-3,6-8H,4-5,9H2,1H3. The Bertz CT molecular complexity index is 851. The average molecular weight is 364 g/mol. The number of esters is 1. The van der Waals surface area contributed by atoms with Gasteiger partial charge in [-0.15, -0.1) is 0 Å². The molecule has 2 aromatic carbocycles. The second kappa shape index (κ2) is 6.98. The molecule has 0 unspecified atom stereocenters. The smallest absolute Gasteiger partial charge is 0.338 e. The third-order valence-corrected chi connectivity index (χ3v) is 3.95. The molecule has 0 N–H and O–H groups in total. The van der Waals surface area contributed by atoms with Crippen molar-refractivity contribution in [1.82, 2.24) is 0 Å². The molecule has 0 bridgehead atoms. The number of hydrogen-bond acceptors (Lipinski definition) is 6. The fourth-order valence-corrected chi connectivity index (χ4v) is 2.70. The SMILES string of the molecule is Cc1ccc(C(=O)OCc2cc(Cl)c3c(c2)OCCO3)cc1[N+](=O)[O-]. The van der Waals surface area contributed by atoms with Crippen LogP contribution in [0.2, 0.25) is 5.02 Å². The lowest BCUT2D eigenvalue weighted by Gasteiger charge is -2.20. The zero-order valence-corrected chi connectivity index (χ0v) is 14.0. The predicted octanol–water partition coefficient (Wildman–Crippen LogP) is 3.68. The number of nitro groups is 1. The third-order valence-electron chi connectivity index (χ3n) is 3.67. The maximum Gasteiger partial charge on any atom is 0.338 e. The Kier molecular flexibility index (Phi) is 4.76. The molecular formula is C17H14ClNO6. The lowest BCUT2D eigenvalue weighted by molar-refractivity contribution is -0.385. The molecule has 130 valence electrons. The van der Waals surface area contributed by atoms with E-state index in [2.05, 4.69) is 0 Å². The van der Waals surface area contributed by atoms with E-state index in [1.807, 2.05) is 0 Å². The van der Waals surface area contributed by atoms with Crippen molar-refractivity contribution in [3.05, 3.63) is 62.2 Å². The number of aryl methyl sites for hydroxylation is 1. The predicted molar refractivity (Wildman–Crippen MR) is 89.4 cm³/mol. The van der Waals surface area contributed by atoms with Crippen LogP contribution in [0.1, 0.15) is 21.5 Å². The van der Waals surface area contributed by atoms with Gasteiger partial charge in [0.2, 0.25) is 0 Å². The molecule has 2 aromatic rings. The molecular weight excluding hydrogens is 350 g/mol. The van der Waals surface area contributed by atoms with Crippen molar-refractivity contribution in [3.8, 4) is 11.5 Å². The summed E-state index contributed by atoms with van der Waals surface area (Å²) in [6.07, 6.45) is 0. The minimum Gasteiger partial charge on any atom is -0.486 e. The van der Waals surface area contributed by atoms with E-state index in [1.165, 1.54) is 18.2 Å². The minimum absolute atomic E-state index is 0.0448. The van der Waals surface area contributed by atoms with Crippen LogP contribution in [0.25, 0.3) is 0 Å². The molecule has 0 aromatic heterocycles. The normalized spacial score (nSPS) is 12.6. The van der Waals surface area contributed by atoms with Gasteiger partial charge in [-0.1, -0.05) is 17.7 Å².